The summed E-state index contributed by atoms with van der Waals surface area (Å²) in [5, 5.41) is 5.67. The van der Waals surface area contributed by atoms with Crippen molar-refractivity contribution in [3.05, 3.63) is 57.6 Å². The van der Waals surface area contributed by atoms with Gasteiger partial charge in [-0.3, -0.25) is 0 Å². The Bertz CT molecular complexity index is 615. The molecule has 0 aliphatic heterocycles. The minimum absolute atomic E-state index is 1.30. The van der Waals surface area contributed by atoms with Crippen LogP contribution in [-0.2, 0) is 0 Å². The summed E-state index contributed by atoms with van der Waals surface area (Å²) in [4.78, 5) is 1.30. The molecule has 0 aliphatic carbocycles. The van der Waals surface area contributed by atoms with Gasteiger partial charge < -0.3 is 0 Å². The highest BCUT2D eigenvalue weighted by molar-refractivity contribution is 7.17. The molecule has 3 aromatic rings. The Labute approximate surface area is 102 Å². The second-order valence-electron chi connectivity index (χ2n) is 3.54. The monoisotopic (exact) mass is 242 g/mol. The Hall–Kier alpha value is -1.38. The lowest BCUT2D eigenvalue weighted by molar-refractivity contribution is 1.83. The third-order valence-corrected chi connectivity index (χ3v) is 4.30. The summed E-state index contributed by atoms with van der Waals surface area (Å²) in [5.74, 6) is 0. The van der Waals surface area contributed by atoms with Crippen molar-refractivity contribution in [2.45, 2.75) is 0 Å². The zero-order valence-corrected chi connectivity index (χ0v) is 10.2. The van der Waals surface area contributed by atoms with Gasteiger partial charge in [-0.15, -0.1) is 22.7 Å². The van der Waals surface area contributed by atoms with Crippen LogP contribution in [0.4, 0.5) is 0 Å². The van der Waals surface area contributed by atoms with E-state index < -0.39 is 0 Å². The van der Waals surface area contributed by atoms with Gasteiger partial charge in [0.25, 0.3) is 0 Å². The normalized spacial score (nSPS) is 11.5. The summed E-state index contributed by atoms with van der Waals surface area (Å²) < 4.78 is 1.35. The van der Waals surface area contributed by atoms with Crippen LogP contribution >= 0.6 is 22.7 Å². The quantitative estimate of drug-likeness (QED) is 0.584. The third-order valence-electron chi connectivity index (χ3n) is 2.48. The molecular weight excluding hydrogens is 232 g/mol. The summed E-state index contributed by atoms with van der Waals surface area (Å²) in [6, 6.07) is 12.7. The van der Waals surface area contributed by atoms with Crippen molar-refractivity contribution < 1.29 is 0 Å². The van der Waals surface area contributed by atoms with Crippen molar-refractivity contribution in [3.8, 4) is 0 Å². The van der Waals surface area contributed by atoms with Gasteiger partial charge in [-0.25, -0.2) is 0 Å². The van der Waals surface area contributed by atoms with Crippen molar-refractivity contribution in [2.24, 2.45) is 0 Å². The zero-order valence-electron chi connectivity index (χ0n) is 8.59. The average Bonchev–Trinajstić information content (AvgIpc) is 2.96. The molecule has 2 heterocycles. The summed E-state index contributed by atoms with van der Waals surface area (Å²) >= 11 is 3.57. The lowest BCUT2D eigenvalue weighted by Gasteiger charge is -1.90. The molecular formula is C14H10S2. The molecule has 1 aromatic carbocycles. The zero-order chi connectivity index (χ0) is 10.8. The van der Waals surface area contributed by atoms with Crippen molar-refractivity contribution in [2.75, 3.05) is 0 Å². The van der Waals surface area contributed by atoms with Crippen LogP contribution in [-0.4, -0.2) is 0 Å². The van der Waals surface area contributed by atoms with E-state index in [1.807, 2.05) is 0 Å². The average molecular weight is 242 g/mol. The van der Waals surface area contributed by atoms with Gasteiger partial charge in [0.1, 0.15) is 0 Å². The molecule has 0 N–H and O–H groups in total. The van der Waals surface area contributed by atoms with E-state index in [2.05, 4.69) is 59.3 Å². The van der Waals surface area contributed by atoms with E-state index in [9.17, 15) is 0 Å². The largest absolute Gasteiger partial charge is 0.144 e. The van der Waals surface area contributed by atoms with Gasteiger partial charge in [0.05, 0.1) is 0 Å². The van der Waals surface area contributed by atoms with Gasteiger partial charge in [0.2, 0.25) is 0 Å². The van der Waals surface area contributed by atoms with Crippen molar-refractivity contribution in [3.63, 3.8) is 0 Å². The Morgan fingerprint density at radius 3 is 2.69 bits per heavy atom. The fourth-order valence-corrected chi connectivity index (χ4v) is 3.23. The van der Waals surface area contributed by atoms with Gasteiger partial charge in [-0.1, -0.05) is 30.3 Å². The molecule has 0 saturated heterocycles. The highest BCUT2D eigenvalue weighted by Gasteiger charge is 1.99. The van der Waals surface area contributed by atoms with Crippen LogP contribution in [0.15, 0.2) is 47.2 Å². The standard InChI is InChI=1S/C14H10S2/c1-2-6-14-13(5-1)11(10-16-14)7-8-12-4-3-9-15-12/h1-10H. The van der Waals surface area contributed by atoms with Crippen LogP contribution in [0.25, 0.3) is 22.2 Å². The lowest BCUT2D eigenvalue weighted by Crippen LogP contribution is -1.66. The number of rotatable bonds is 2. The van der Waals surface area contributed by atoms with E-state index in [4.69, 9.17) is 0 Å². The summed E-state index contributed by atoms with van der Waals surface area (Å²) in [7, 11) is 0. The Kier molecular flexibility index (Phi) is 2.60. The fourth-order valence-electron chi connectivity index (χ4n) is 1.69. The van der Waals surface area contributed by atoms with E-state index in [0.717, 1.165) is 0 Å². The first-order chi connectivity index (χ1) is 7.93. The fraction of sp³-hybridized carbons (Fsp3) is 0. The topological polar surface area (TPSA) is 0 Å². The SMILES string of the molecule is C(=Cc1csc2ccccc12)c1cccs1. The maximum atomic E-state index is 2.22. The smallest absolute Gasteiger partial charge is 0.0348 e. The van der Waals surface area contributed by atoms with Gasteiger partial charge in [0, 0.05) is 9.58 Å². The number of hydrogen-bond donors (Lipinski definition) is 0. The summed E-state index contributed by atoms with van der Waals surface area (Å²) in [6.07, 6.45) is 4.38. The van der Waals surface area contributed by atoms with Crippen LogP contribution in [0.3, 0.4) is 0 Å². The van der Waals surface area contributed by atoms with Crippen molar-refractivity contribution in [1.82, 2.24) is 0 Å². The van der Waals surface area contributed by atoms with Gasteiger partial charge in [-0.05, 0) is 39.9 Å². The van der Waals surface area contributed by atoms with Crippen LogP contribution < -0.4 is 0 Å². The third kappa shape index (κ3) is 1.82. The van der Waals surface area contributed by atoms with E-state index >= 15 is 0 Å². The second-order valence-corrected chi connectivity index (χ2v) is 5.43. The van der Waals surface area contributed by atoms with Crippen LogP contribution in [0.5, 0.6) is 0 Å². The molecule has 0 nitrogen and oxygen atoms in total. The molecule has 0 radical (unpaired) electrons. The minimum atomic E-state index is 1.30. The maximum Gasteiger partial charge on any atom is 0.0348 e. The molecule has 0 fully saturated rings. The Morgan fingerprint density at radius 1 is 0.875 bits per heavy atom. The molecule has 0 saturated carbocycles. The van der Waals surface area contributed by atoms with Gasteiger partial charge in [-0.2, -0.15) is 0 Å². The van der Waals surface area contributed by atoms with Crippen molar-refractivity contribution in [1.29, 1.82) is 0 Å². The van der Waals surface area contributed by atoms with E-state index in [-0.39, 0.29) is 0 Å². The molecule has 78 valence electrons. The van der Waals surface area contributed by atoms with E-state index in [0.29, 0.717) is 0 Å². The molecule has 3 rings (SSSR count). The molecule has 16 heavy (non-hydrogen) atoms. The minimum Gasteiger partial charge on any atom is -0.144 e. The Morgan fingerprint density at radius 2 is 1.81 bits per heavy atom. The molecule has 0 atom stereocenters. The molecule has 2 aromatic heterocycles. The number of fused-ring (bicyclic) bond motifs is 1. The molecule has 0 spiro atoms. The van der Waals surface area contributed by atoms with Crippen LogP contribution in [0.1, 0.15) is 10.4 Å². The molecule has 0 aliphatic rings. The van der Waals surface area contributed by atoms with Gasteiger partial charge >= 0.3 is 0 Å². The number of benzene rings is 1. The first-order valence-corrected chi connectivity index (χ1v) is 6.87. The number of hydrogen-bond acceptors (Lipinski definition) is 2. The highest BCUT2D eigenvalue weighted by atomic mass is 32.1. The van der Waals surface area contributed by atoms with Crippen molar-refractivity contribution >= 4 is 44.9 Å². The van der Waals surface area contributed by atoms with E-state index in [1.54, 1.807) is 22.7 Å². The Balaban J connectivity index is 2.01. The molecule has 0 amide bonds. The van der Waals surface area contributed by atoms with Gasteiger partial charge in [0.15, 0.2) is 0 Å². The molecule has 0 unspecified atom stereocenters. The van der Waals surface area contributed by atoms with Crippen LogP contribution in [0.2, 0.25) is 0 Å². The second kappa shape index (κ2) is 4.24. The summed E-state index contributed by atoms with van der Waals surface area (Å²) in [5.41, 5.74) is 1.31. The van der Waals surface area contributed by atoms with Crippen LogP contribution in [0, 0.1) is 0 Å². The molecule has 0 bridgehead atoms. The lowest BCUT2D eigenvalue weighted by atomic mass is 10.1. The summed E-state index contributed by atoms with van der Waals surface area (Å²) in [6.45, 7) is 0. The molecule has 2 heteroatoms. The first-order valence-electron chi connectivity index (χ1n) is 5.11. The highest BCUT2D eigenvalue weighted by Crippen LogP contribution is 2.27. The predicted octanol–water partition coefficient (Wildman–Crippen LogP) is 5.13. The number of thiophene rings is 2. The predicted molar refractivity (Wildman–Crippen MR) is 75.1 cm³/mol. The van der Waals surface area contributed by atoms with E-state index in [1.165, 1.54) is 20.5 Å². The first kappa shape index (κ1) is 9.82. The maximum absolute atomic E-state index is 2.22.